The van der Waals surface area contributed by atoms with Crippen molar-refractivity contribution in [3.63, 3.8) is 0 Å². The zero-order chi connectivity index (χ0) is 12.1. The molecule has 0 amide bonds. The Morgan fingerprint density at radius 2 is 2.25 bits per heavy atom. The van der Waals surface area contributed by atoms with E-state index in [1.807, 2.05) is 0 Å². The van der Waals surface area contributed by atoms with E-state index < -0.39 is 5.97 Å². The van der Waals surface area contributed by atoms with E-state index in [1.165, 1.54) is 0 Å². The number of aryl methyl sites for hydroxylation is 1. The maximum absolute atomic E-state index is 10.8. The molecule has 1 aromatic heterocycles. The van der Waals surface area contributed by atoms with Gasteiger partial charge in [0.05, 0.1) is 16.3 Å². The number of hydrogen-bond acceptors (Lipinski definition) is 3. The van der Waals surface area contributed by atoms with E-state index in [-0.39, 0.29) is 5.56 Å². The minimum absolute atomic E-state index is 0.285. The fourth-order valence-corrected chi connectivity index (χ4v) is 2.25. The smallest absolute Gasteiger partial charge is 0.337 e. The van der Waals surface area contributed by atoms with E-state index >= 15 is 0 Å². The van der Waals surface area contributed by atoms with Crippen LogP contribution in [0.5, 0.6) is 0 Å². The second-order valence-electron chi connectivity index (χ2n) is 3.91. The molecule has 4 heteroatoms. The molecule has 1 aromatic rings. The van der Waals surface area contributed by atoms with Crippen molar-refractivity contribution in [3.8, 4) is 0 Å². The summed E-state index contributed by atoms with van der Waals surface area (Å²) < 4.78 is 0. The number of thioether (sulfide) groups is 1. The number of carboxylic acid groups (broad SMARTS) is 1. The molecule has 0 spiro atoms. The average Bonchev–Trinajstić information content (AvgIpc) is 2.25. The zero-order valence-electron chi connectivity index (χ0n) is 9.86. The molecule has 0 saturated carbocycles. The van der Waals surface area contributed by atoms with Crippen molar-refractivity contribution >= 4 is 17.7 Å². The minimum Gasteiger partial charge on any atom is -0.478 e. The molecule has 88 valence electrons. The van der Waals surface area contributed by atoms with Gasteiger partial charge in [-0.15, -0.1) is 11.8 Å². The second-order valence-corrected chi connectivity index (χ2v) is 4.95. The first-order valence-corrected chi connectivity index (χ1v) is 6.36. The Bertz CT molecular complexity index is 379. The first kappa shape index (κ1) is 13.0. The van der Waals surface area contributed by atoms with E-state index in [1.54, 1.807) is 30.8 Å². The summed E-state index contributed by atoms with van der Waals surface area (Å²) in [7, 11) is 0. The normalized spacial score (nSPS) is 12.4. The largest absolute Gasteiger partial charge is 0.478 e. The Labute approximate surface area is 100 Å². The van der Waals surface area contributed by atoms with E-state index in [2.05, 4.69) is 18.8 Å². The topological polar surface area (TPSA) is 50.2 Å². The molecule has 0 fully saturated rings. The SMILES string of the molecule is CCC(C)CSc1ccc(C(=O)O)c(C)n1. The van der Waals surface area contributed by atoms with Crippen LogP contribution < -0.4 is 0 Å². The van der Waals surface area contributed by atoms with Gasteiger partial charge in [-0.2, -0.15) is 0 Å². The Balaban J connectivity index is 2.70. The maximum atomic E-state index is 10.8. The molecule has 1 rings (SSSR count). The molecule has 0 aliphatic heterocycles. The molecule has 0 saturated heterocycles. The fourth-order valence-electron chi connectivity index (χ4n) is 1.19. The molecule has 1 heterocycles. The quantitative estimate of drug-likeness (QED) is 0.801. The van der Waals surface area contributed by atoms with Crippen LogP contribution in [0.2, 0.25) is 0 Å². The third kappa shape index (κ3) is 3.52. The highest BCUT2D eigenvalue weighted by Crippen LogP contribution is 2.21. The van der Waals surface area contributed by atoms with Crippen molar-refractivity contribution < 1.29 is 9.90 Å². The Morgan fingerprint density at radius 1 is 1.56 bits per heavy atom. The lowest BCUT2D eigenvalue weighted by atomic mass is 10.2. The molecule has 0 aromatic carbocycles. The molecule has 1 N–H and O–H groups in total. The number of carboxylic acids is 1. The highest BCUT2D eigenvalue weighted by Gasteiger charge is 2.09. The Hall–Kier alpha value is -1.03. The molecule has 3 nitrogen and oxygen atoms in total. The number of pyridine rings is 1. The maximum Gasteiger partial charge on any atom is 0.337 e. The number of hydrogen-bond donors (Lipinski definition) is 1. The molecule has 0 radical (unpaired) electrons. The zero-order valence-corrected chi connectivity index (χ0v) is 10.7. The number of rotatable bonds is 5. The van der Waals surface area contributed by atoms with Gasteiger partial charge in [-0.25, -0.2) is 9.78 Å². The molecular formula is C12H17NO2S. The van der Waals surface area contributed by atoms with Crippen LogP contribution in [0.3, 0.4) is 0 Å². The van der Waals surface area contributed by atoms with Gasteiger partial charge in [-0.05, 0) is 25.0 Å². The lowest BCUT2D eigenvalue weighted by Gasteiger charge is -2.08. The summed E-state index contributed by atoms with van der Waals surface area (Å²) in [4.78, 5) is 15.1. The van der Waals surface area contributed by atoms with Crippen molar-refractivity contribution in [1.29, 1.82) is 0 Å². The summed E-state index contributed by atoms with van der Waals surface area (Å²) in [5.41, 5.74) is 0.870. The van der Waals surface area contributed by atoms with Crippen molar-refractivity contribution in [3.05, 3.63) is 23.4 Å². The van der Waals surface area contributed by atoms with Crippen LogP contribution in [-0.2, 0) is 0 Å². The first-order chi connectivity index (χ1) is 7.54. The Morgan fingerprint density at radius 3 is 2.75 bits per heavy atom. The molecule has 0 bridgehead atoms. The van der Waals surface area contributed by atoms with E-state index in [4.69, 9.17) is 5.11 Å². The summed E-state index contributed by atoms with van der Waals surface area (Å²) in [6, 6.07) is 3.41. The van der Waals surface area contributed by atoms with Crippen molar-refractivity contribution in [2.24, 2.45) is 5.92 Å². The van der Waals surface area contributed by atoms with Crippen LogP contribution in [0.4, 0.5) is 0 Å². The second kappa shape index (κ2) is 5.89. The number of aromatic nitrogens is 1. The van der Waals surface area contributed by atoms with E-state index in [9.17, 15) is 4.79 Å². The average molecular weight is 239 g/mol. The van der Waals surface area contributed by atoms with Gasteiger partial charge in [0.15, 0.2) is 0 Å². The van der Waals surface area contributed by atoms with Gasteiger partial charge < -0.3 is 5.11 Å². The molecule has 1 unspecified atom stereocenters. The first-order valence-electron chi connectivity index (χ1n) is 5.38. The lowest BCUT2D eigenvalue weighted by Crippen LogP contribution is -2.02. The van der Waals surface area contributed by atoms with Gasteiger partial charge in [0.25, 0.3) is 0 Å². The highest BCUT2D eigenvalue weighted by atomic mass is 32.2. The lowest BCUT2D eigenvalue weighted by molar-refractivity contribution is 0.0695. The number of nitrogens with zero attached hydrogens (tertiary/aromatic N) is 1. The third-order valence-corrected chi connectivity index (χ3v) is 3.76. The van der Waals surface area contributed by atoms with Crippen LogP contribution >= 0.6 is 11.8 Å². The van der Waals surface area contributed by atoms with Crippen LogP contribution in [0, 0.1) is 12.8 Å². The molecular weight excluding hydrogens is 222 g/mol. The van der Waals surface area contributed by atoms with Crippen LogP contribution in [-0.4, -0.2) is 21.8 Å². The van der Waals surface area contributed by atoms with Crippen molar-refractivity contribution in [2.45, 2.75) is 32.2 Å². The van der Waals surface area contributed by atoms with Gasteiger partial charge in [-0.3, -0.25) is 0 Å². The Kier molecular flexibility index (Phi) is 4.80. The van der Waals surface area contributed by atoms with Crippen LogP contribution in [0.25, 0.3) is 0 Å². The monoisotopic (exact) mass is 239 g/mol. The molecule has 1 atom stereocenters. The highest BCUT2D eigenvalue weighted by molar-refractivity contribution is 7.99. The fraction of sp³-hybridized carbons (Fsp3) is 0.500. The molecule has 0 aliphatic carbocycles. The predicted octanol–water partition coefficient (Wildman–Crippen LogP) is 3.23. The molecule has 16 heavy (non-hydrogen) atoms. The summed E-state index contributed by atoms with van der Waals surface area (Å²) in [5, 5.41) is 9.77. The summed E-state index contributed by atoms with van der Waals surface area (Å²) in [6.07, 6.45) is 1.15. The van der Waals surface area contributed by atoms with Crippen molar-refractivity contribution in [2.75, 3.05) is 5.75 Å². The van der Waals surface area contributed by atoms with Gasteiger partial charge in [-0.1, -0.05) is 20.3 Å². The molecule has 0 aliphatic rings. The van der Waals surface area contributed by atoms with Crippen LogP contribution in [0.15, 0.2) is 17.2 Å². The van der Waals surface area contributed by atoms with Crippen molar-refractivity contribution in [1.82, 2.24) is 4.98 Å². The summed E-state index contributed by atoms with van der Waals surface area (Å²) >= 11 is 1.68. The minimum atomic E-state index is -0.913. The van der Waals surface area contributed by atoms with E-state index in [0.29, 0.717) is 11.6 Å². The summed E-state index contributed by atoms with van der Waals surface area (Å²) in [5.74, 6) is 0.768. The van der Waals surface area contributed by atoms with E-state index in [0.717, 1.165) is 17.2 Å². The van der Waals surface area contributed by atoms with Crippen LogP contribution in [0.1, 0.15) is 36.3 Å². The van der Waals surface area contributed by atoms with Gasteiger partial charge >= 0.3 is 5.97 Å². The summed E-state index contributed by atoms with van der Waals surface area (Å²) in [6.45, 7) is 6.10. The predicted molar refractivity (Wildman–Crippen MR) is 66.1 cm³/mol. The number of carbonyl (C=O) groups is 1. The number of aromatic carboxylic acids is 1. The van der Waals surface area contributed by atoms with Gasteiger partial charge in [0, 0.05) is 5.75 Å². The third-order valence-electron chi connectivity index (χ3n) is 2.50. The van der Waals surface area contributed by atoms with Gasteiger partial charge in [0.2, 0.25) is 0 Å². The standard InChI is InChI=1S/C12H17NO2S/c1-4-8(2)7-16-11-6-5-10(12(14)15)9(3)13-11/h5-6,8H,4,7H2,1-3H3,(H,14,15). The van der Waals surface area contributed by atoms with Gasteiger partial charge in [0.1, 0.15) is 0 Å².